The van der Waals surface area contributed by atoms with Gasteiger partial charge in [-0.15, -0.1) is 0 Å². The molecule has 0 amide bonds. The summed E-state index contributed by atoms with van der Waals surface area (Å²) < 4.78 is 5.18. The average Bonchev–Trinajstić information content (AvgIpc) is 3.77. The first-order valence-electron chi connectivity index (χ1n) is 19.3. The quantitative estimate of drug-likeness (QED) is 0.172. The molecule has 53 heavy (non-hydrogen) atoms. The Labute approximate surface area is 311 Å². The molecule has 0 saturated carbocycles. The Kier molecular flexibility index (Phi) is 6.01. The van der Waals surface area contributed by atoms with E-state index in [4.69, 9.17) is 0 Å². The third kappa shape index (κ3) is 3.99. The third-order valence-corrected chi connectivity index (χ3v) is 13.3. The molecule has 2 heteroatoms. The Balaban J connectivity index is 1.42. The molecule has 0 unspecified atom stereocenters. The number of hydrogen-bond donors (Lipinski definition) is 0. The minimum atomic E-state index is -0.0524. The maximum Gasteiger partial charge on any atom is 0.0795 e. The number of nitrogens with zero attached hydrogens (tertiary/aromatic N) is 2. The topological polar surface area (TPSA) is 9.86 Å². The van der Waals surface area contributed by atoms with Crippen LogP contribution in [0.3, 0.4) is 0 Å². The molecule has 258 valence electrons. The molecule has 0 bridgehead atoms. The van der Waals surface area contributed by atoms with Gasteiger partial charge in [0.1, 0.15) is 0 Å². The predicted octanol–water partition coefficient (Wildman–Crippen LogP) is 13.7. The Morgan fingerprint density at radius 1 is 0.396 bits per heavy atom. The Morgan fingerprint density at radius 2 is 0.943 bits per heavy atom. The fraction of sp³-hybridized carbons (Fsp3) is 0.216. The highest BCUT2D eigenvalue weighted by molar-refractivity contribution is 6.36. The molecule has 2 heterocycles. The summed E-state index contributed by atoms with van der Waals surface area (Å²) in [4.78, 5) is 0. The standard InChI is InChI=1S/C51H44N2/c1-49(2)26-27-50(3,4)42-30-44-38(29-41(42)49)46-35-20-11-10-19-34(35)45-36-21-13-15-23-43(36)52(31-16-8-7-9-17-31)47(45)48(46)53(44)32-24-25-40-37(28-32)33-18-12-14-22-39(33)51(40,5)6/h7-25,28-30H,26-27H2,1-6H3. The van der Waals surface area contributed by atoms with Gasteiger partial charge in [-0.25, -0.2) is 0 Å². The number of aromatic nitrogens is 2. The molecule has 7 aromatic carbocycles. The summed E-state index contributed by atoms with van der Waals surface area (Å²) in [6.45, 7) is 14.6. The number of benzene rings is 7. The number of fused-ring (bicyclic) bond motifs is 14. The van der Waals surface area contributed by atoms with Gasteiger partial charge in [-0.05, 0) is 110 Å². The minimum absolute atomic E-state index is 0.0524. The van der Waals surface area contributed by atoms with Gasteiger partial charge in [0.05, 0.1) is 22.1 Å². The first-order chi connectivity index (χ1) is 25.6. The van der Waals surface area contributed by atoms with Crippen LogP contribution in [-0.2, 0) is 16.2 Å². The Morgan fingerprint density at radius 3 is 1.66 bits per heavy atom. The van der Waals surface area contributed by atoms with Crippen LogP contribution in [0.25, 0.3) is 76.9 Å². The highest BCUT2D eigenvalue weighted by Gasteiger charge is 2.39. The molecule has 11 rings (SSSR count). The van der Waals surface area contributed by atoms with Crippen LogP contribution in [0.5, 0.6) is 0 Å². The van der Waals surface area contributed by atoms with E-state index in [1.807, 2.05) is 0 Å². The molecular formula is C51H44N2. The van der Waals surface area contributed by atoms with Gasteiger partial charge in [-0.1, -0.05) is 133 Å². The molecule has 0 N–H and O–H groups in total. The normalized spacial score (nSPS) is 16.8. The van der Waals surface area contributed by atoms with Gasteiger partial charge in [-0.3, -0.25) is 0 Å². The SMILES string of the molecule is CC1(C)CCC(C)(C)c2cc3c(cc21)c1c2ccccc2c2c4ccccc4n(-c4ccccc4)c2c1n3-c1ccc2c(c1)-c1ccccc1C2(C)C. The molecule has 0 atom stereocenters. The summed E-state index contributed by atoms with van der Waals surface area (Å²) in [5.41, 5.74) is 16.1. The van der Waals surface area contributed by atoms with Crippen LogP contribution in [0.15, 0.2) is 133 Å². The monoisotopic (exact) mass is 684 g/mol. The van der Waals surface area contributed by atoms with E-state index < -0.39 is 0 Å². The summed E-state index contributed by atoms with van der Waals surface area (Å²) in [5, 5.41) is 7.90. The number of hydrogen-bond acceptors (Lipinski definition) is 0. The van der Waals surface area contributed by atoms with Gasteiger partial charge < -0.3 is 9.13 Å². The smallest absolute Gasteiger partial charge is 0.0795 e. The molecule has 2 aliphatic carbocycles. The van der Waals surface area contributed by atoms with Crippen LogP contribution < -0.4 is 0 Å². The lowest BCUT2D eigenvalue weighted by molar-refractivity contribution is 0.332. The summed E-state index contributed by atoms with van der Waals surface area (Å²) in [6.07, 6.45) is 2.36. The van der Waals surface area contributed by atoms with Gasteiger partial charge in [-0.2, -0.15) is 0 Å². The van der Waals surface area contributed by atoms with E-state index in [0.717, 1.165) is 0 Å². The first kappa shape index (κ1) is 31.0. The molecule has 0 aliphatic heterocycles. The van der Waals surface area contributed by atoms with Crippen molar-refractivity contribution in [3.63, 3.8) is 0 Å². The molecule has 2 aromatic heterocycles. The Bertz CT molecular complexity index is 3020. The second-order valence-electron chi connectivity index (χ2n) is 17.6. The van der Waals surface area contributed by atoms with Gasteiger partial charge >= 0.3 is 0 Å². The van der Waals surface area contributed by atoms with Crippen molar-refractivity contribution in [1.29, 1.82) is 0 Å². The fourth-order valence-corrected chi connectivity index (χ4v) is 10.5. The van der Waals surface area contributed by atoms with E-state index in [1.165, 1.54) is 112 Å². The highest BCUT2D eigenvalue weighted by Crippen LogP contribution is 2.53. The number of rotatable bonds is 2. The second-order valence-corrected chi connectivity index (χ2v) is 17.6. The van der Waals surface area contributed by atoms with Gasteiger partial charge in [0.25, 0.3) is 0 Å². The molecular weight excluding hydrogens is 641 g/mol. The van der Waals surface area contributed by atoms with Crippen LogP contribution in [0.4, 0.5) is 0 Å². The largest absolute Gasteiger partial charge is 0.307 e. The average molecular weight is 685 g/mol. The highest BCUT2D eigenvalue weighted by atomic mass is 15.0. The zero-order chi connectivity index (χ0) is 36.0. The zero-order valence-electron chi connectivity index (χ0n) is 31.5. The fourth-order valence-electron chi connectivity index (χ4n) is 10.5. The lowest BCUT2D eigenvalue weighted by atomic mass is 9.63. The van der Waals surface area contributed by atoms with Crippen molar-refractivity contribution in [2.45, 2.75) is 70.6 Å². The van der Waals surface area contributed by atoms with Crippen molar-refractivity contribution in [3.05, 3.63) is 156 Å². The van der Waals surface area contributed by atoms with Crippen molar-refractivity contribution >= 4 is 54.4 Å². The number of para-hydroxylation sites is 2. The molecule has 0 saturated heterocycles. The van der Waals surface area contributed by atoms with Crippen LogP contribution >= 0.6 is 0 Å². The van der Waals surface area contributed by atoms with Gasteiger partial charge in [0.15, 0.2) is 0 Å². The van der Waals surface area contributed by atoms with Crippen LogP contribution in [0.1, 0.15) is 76.6 Å². The summed E-state index contributed by atoms with van der Waals surface area (Å²) >= 11 is 0. The first-order valence-corrected chi connectivity index (χ1v) is 19.3. The lowest BCUT2D eigenvalue weighted by Gasteiger charge is -2.42. The zero-order valence-corrected chi connectivity index (χ0v) is 31.5. The maximum atomic E-state index is 2.64. The van der Waals surface area contributed by atoms with E-state index in [2.05, 4.69) is 184 Å². The lowest BCUT2D eigenvalue weighted by Crippen LogP contribution is -2.33. The molecule has 0 radical (unpaired) electrons. The summed E-state index contributed by atoms with van der Waals surface area (Å²) in [6, 6.07) is 50.7. The summed E-state index contributed by atoms with van der Waals surface area (Å²) in [5.74, 6) is 0. The second kappa shape index (κ2) is 10.3. The Hall–Kier alpha value is -5.60. The molecule has 2 nitrogen and oxygen atoms in total. The van der Waals surface area contributed by atoms with Crippen molar-refractivity contribution in [2.75, 3.05) is 0 Å². The van der Waals surface area contributed by atoms with Crippen molar-refractivity contribution in [2.24, 2.45) is 0 Å². The van der Waals surface area contributed by atoms with E-state index in [1.54, 1.807) is 0 Å². The van der Waals surface area contributed by atoms with Crippen LogP contribution in [-0.4, -0.2) is 9.13 Å². The van der Waals surface area contributed by atoms with Gasteiger partial charge in [0.2, 0.25) is 0 Å². The van der Waals surface area contributed by atoms with E-state index >= 15 is 0 Å². The predicted molar refractivity (Wildman–Crippen MR) is 225 cm³/mol. The van der Waals surface area contributed by atoms with Gasteiger partial charge in [0, 0.05) is 38.3 Å². The summed E-state index contributed by atoms with van der Waals surface area (Å²) in [7, 11) is 0. The van der Waals surface area contributed by atoms with Crippen LogP contribution in [0.2, 0.25) is 0 Å². The maximum absolute atomic E-state index is 2.64. The van der Waals surface area contributed by atoms with Crippen LogP contribution in [0, 0.1) is 0 Å². The molecule has 0 fully saturated rings. The van der Waals surface area contributed by atoms with E-state index in [0.29, 0.717) is 0 Å². The molecule has 0 spiro atoms. The van der Waals surface area contributed by atoms with Crippen molar-refractivity contribution in [3.8, 4) is 22.5 Å². The minimum Gasteiger partial charge on any atom is -0.307 e. The van der Waals surface area contributed by atoms with E-state index in [-0.39, 0.29) is 16.2 Å². The van der Waals surface area contributed by atoms with Crippen molar-refractivity contribution in [1.82, 2.24) is 9.13 Å². The third-order valence-electron chi connectivity index (χ3n) is 13.3. The molecule has 9 aromatic rings. The van der Waals surface area contributed by atoms with Crippen molar-refractivity contribution < 1.29 is 0 Å². The molecule has 2 aliphatic rings. The van der Waals surface area contributed by atoms with E-state index in [9.17, 15) is 0 Å².